The van der Waals surface area contributed by atoms with Gasteiger partial charge in [-0.25, -0.2) is 0 Å². The number of allylic oxidation sites excluding steroid dienone is 1. The van der Waals surface area contributed by atoms with E-state index in [0.717, 1.165) is 79.0 Å². The molecule has 8 atom stereocenters. The van der Waals surface area contributed by atoms with Crippen molar-refractivity contribution in [2.45, 2.75) is 137 Å². The minimum absolute atomic E-state index is 0.0183. The third-order valence-electron chi connectivity index (χ3n) is 12.7. The Balaban J connectivity index is 1.07. The van der Waals surface area contributed by atoms with Crippen molar-refractivity contribution in [2.24, 2.45) is 46.3 Å². The summed E-state index contributed by atoms with van der Waals surface area (Å²) in [6.07, 6.45) is 20.3. The van der Waals surface area contributed by atoms with E-state index < -0.39 is 0 Å². The molecule has 4 aliphatic rings. The molecule has 4 heteroatoms. The Morgan fingerprint density at radius 3 is 2.49 bits per heavy atom. The summed E-state index contributed by atoms with van der Waals surface area (Å²) in [6.45, 7) is 13.2. The highest BCUT2D eigenvalue weighted by Gasteiger charge is 2.59. The number of carbonyl (C=O) groups excluding carboxylic acids is 1. The summed E-state index contributed by atoms with van der Waals surface area (Å²) in [4.78, 5) is 12.7. The molecule has 1 aromatic rings. The number of fused-ring (bicyclic) bond motifs is 5. The first-order valence-corrected chi connectivity index (χ1v) is 18.0. The number of nitrogens with two attached hydrogens (primary N) is 1. The molecule has 0 saturated heterocycles. The number of esters is 1. The zero-order chi connectivity index (χ0) is 30.6. The van der Waals surface area contributed by atoms with Crippen LogP contribution in [0.2, 0.25) is 0 Å². The van der Waals surface area contributed by atoms with Crippen LogP contribution in [0.25, 0.3) is 0 Å². The van der Waals surface area contributed by atoms with Gasteiger partial charge in [0.15, 0.2) is 0 Å². The van der Waals surface area contributed by atoms with Gasteiger partial charge in [-0.2, -0.15) is 0 Å². The minimum Gasteiger partial charge on any atom is -0.494 e. The highest BCUT2D eigenvalue weighted by atomic mass is 16.5. The van der Waals surface area contributed by atoms with E-state index in [-0.39, 0.29) is 12.1 Å². The molecule has 5 rings (SSSR count). The molecule has 3 saturated carbocycles. The van der Waals surface area contributed by atoms with Crippen LogP contribution in [-0.4, -0.2) is 18.7 Å². The molecule has 1 aromatic carbocycles. The number of nitrogen functional groups attached to an aromatic ring is 1. The van der Waals surface area contributed by atoms with E-state index in [4.69, 9.17) is 15.2 Å². The highest BCUT2D eigenvalue weighted by Crippen LogP contribution is 2.67. The van der Waals surface area contributed by atoms with Gasteiger partial charge in [0.05, 0.1) is 6.61 Å². The Kier molecular flexibility index (Phi) is 10.5. The van der Waals surface area contributed by atoms with E-state index in [0.29, 0.717) is 23.9 Å². The fourth-order valence-electron chi connectivity index (χ4n) is 10.3. The summed E-state index contributed by atoms with van der Waals surface area (Å²) in [6, 6.07) is 7.51. The molecule has 0 spiro atoms. The fraction of sp³-hybridized carbons (Fsp3) is 0.769. The average molecular weight is 592 g/mol. The normalized spacial score (nSPS) is 34.1. The molecule has 0 aromatic heterocycles. The van der Waals surface area contributed by atoms with E-state index in [1.165, 1.54) is 57.8 Å². The van der Waals surface area contributed by atoms with Crippen LogP contribution in [0, 0.1) is 46.3 Å². The first kappa shape index (κ1) is 32.4. The van der Waals surface area contributed by atoms with Crippen molar-refractivity contribution in [3.8, 4) is 5.75 Å². The molecule has 0 amide bonds. The van der Waals surface area contributed by atoms with Crippen molar-refractivity contribution in [2.75, 3.05) is 12.3 Å². The van der Waals surface area contributed by atoms with E-state index >= 15 is 0 Å². The zero-order valence-electron chi connectivity index (χ0n) is 28.0. The lowest BCUT2D eigenvalue weighted by Gasteiger charge is -2.58. The second-order valence-electron chi connectivity index (χ2n) is 15.9. The van der Waals surface area contributed by atoms with Crippen molar-refractivity contribution >= 4 is 11.7 Å². The molecule has 4 nitrogen and oxygen atoms in total. The first-order chi connectivity index (χ1) is 20.6. The van der Waals surface area contributed by atoms with Crippen LogP contribution in [0.1, 0.15) is 131 Å². The minimum atomic E-state index is -0.0183. The van der Waals surface area contributed by atoms with Crippen molar-refractivity contribution in [1.29, 1.82) is 0 Å². The standard InChI is InChI=1S/C39H61NO3/c1-27(2)10-9-11-28(3)34-19-20-35-33-18-13-29-26-32(21-23-38(29,4)36(33)22-24-39(34,35)5)43-37(41)12-7-6-8-25-42-31-16-14-30(40)15-17-31/h13-17,27-28,32-36H,6-12,18-26,40H2,1-5H3/t28-,32+,33+,34-,35+,36+,38+,39-/m1/s1. The van der Waals surface area contributed by atoms with Crippen LogP contribution in [0.5, 0.6) is 5.75 Å². The van der Waals surface area contributed by atoms with Gasteiger partial charge in [0, 0.05) is 18.5 Å². The maximum Gasteiger partial charge on any atom is 0.306 e. The SMILES string of the molecule is CC(C)CCC[C@@H](C)[C@H]1CC[C@H]2[C@@H]3CC=C4C[C@@H](OC(=O)CCCCCOc5ccc(N)cc5)CC[C@]4(C)[C@H]3CC[C@]12C. The fourth-order valence-corrected chi connectivity index (χ4v) is 10.3. The number of unbranched alkanes of at least 4 members (excludes halogenated alkanes) is 2. The number of hydrogen-bond acceptors (Lipinski definition) is 4. The van der Waals surface area contributed by atoms with E-state index in [1.54, 1.807) is 5.57 Å². The zero-order valence-corrected chi connectivity index (χ0v) is 28.0. The van der Waals surface area contributed by atoms with Gasteiger partial charge < -0.3 is 15.2 Å². The Hall–Kier alpha value is -1.97. The van der Waals surface area contributed by atoms with Crippen LogP contribution < -0.4 is 10.5 Å². The van der Waals surface area contributed by atoms with Crippen molar-refractivity contribution < 1.29 is 14.3 Å². The first-order valence-electron chi connectivity index (χ1n) is 18.0. The van der Waals surface area contributed by atoms with Crippen LogP contribution >= 0.6 is 0 Å². The third-order valence-corrected chi connectivity index (χ3v) is 12.7. The van der Waals surface area contributed by atoms with Gasteiger partial charge in [0.2, 0.25) is 0 Å². The molecule has 4 aliphatic carbocycles. The quantitative estimate of drug-likeness (QED) is 0.107. The summed E-state index contributed by atoms with van der Waals surface area (Å²) in [7, 11) is 0. The monoisotopic (exact) mass is 591 g/mol. The van der Waals surface area contributed by atoms with Crippen molar-refractivity contribution in [1.82, 2.24) is 0 Å². The van der Waals surface area contributed by atoms with Crippen LogP contribution in [0.15, 0.2) is 35.9 Å². The van der Waals surface area contributed by atoms with Gasteiger partial charge in [0.25, 0.3) is 0 Å². The summed E-state index contributed by atoms with van der Waals surface area (Å²) >= 11 is 0. The molecular formula is C39H61NO3. The second-order valence-corrected chi connectivity index (χ2v) is 15.9. The van der Waals surface area contributed by atoms with E-state index in [2.05, 4.69) is 40.7 Å². The van der Waals surface area contributed by atoms with Crippen LogP contribution in [-0.2, 0) is 9.53 Å². The van der Waals surface area contributed by atoms with Gasteiger partial charge in [-0.3, -0.25) is 4.79 Å². The lowest BCUT2D eigenvalue weighted by atomic mass is 9.47. The Labute approximate surface area is 262 Å². The summed E-state index contributed by atoms with van der Waals surface area (Å²) in [5.41, 5.74) is 8.92. The van der Waals surface area contributed by atoms with Crippen molar-refractivity contribution in [3.63, 3.8) is 0 Å². The van der Waals surface area contributed by atoms with Gasteiger partial charge >= 0.3 is 5.97 Å². The van der Waals surface area contributed by atoms with E-state index in [1.807, 2.05) is 24.3 Å². The maximum absolute atomic E-state index is 12.7. The van der Waals surface area contributed by atoms with Crippen LogP contribution in [0.3, 0.4) is 0 Å². The van der Waals surface area contributed by atoms with Gasteiger partial charge in [-0.05, 0) is 135 Å². The van der Waals surface area contributed by atoms with Gasteiger partial charge in [0.1, 0.15) is 11.9 Å². The smallest absolute Gasteiger partial charge is 0.306 e. The largest absolute Gasteiger partial charge is 0.494 e. The second kappa shape index (κ2) is 14.0. The Morgan fingerprint density at radius 2 is 1.72 bits per heavy atom. The Morgan fingerprint density at radius 1 is 0.930 bits per heavy atom. The number of anilines is 1. The average Bonchev–Trinajstić information content (AvgIpc) is 3.33. The molecule has 240 valence electrons. The summed E-state index contributed by atoms with van der Waals surface area (Å²) < 4.78 is 11.8. The van der Waals surface area contributed by atoms with Crippen molar-refractivity contribution in [3.05, 3.63) is 35.9 Å². The molecule has 2 N–H and O–H groups in total. The summed E-state index contributed by atoms with van der Waals surface area (Å²) in [5, 5.41) is 0. The number of hydrogen-bond donors (Lipinski definition) is 1. The lowest BCUT2D eigenvalue weighted by molar-refractivity contribution is -0.151. The molecule has 0 bridgehead atoms. The molecule has 43 heavy (non-hydrogen) atoms. The summed E-state index contributed by atoms with van der Waals surface area (Å²) in [5.74, 6) is 5.99. The highest BCUT2D eigenvalue weighted by molar-refractivity contribution is 5.69. The van der Waals surface area contributed by atoms with Gasteiger partial charge in [-0.1, -0.05) is 65.5 Å². The molecule has 0 heterocycles. The van der Waals surface area contributed by atoms with Crippen LogP contribution in [0.4, 0.5) is 5.69 Å². The lowest BCUT2D eigenvalue weighted by Crippen LogP contribution is -2.51. The third kappa shape index (κ3) is 7.30. The molecular weight excluding hydrogens is 530 g/mol. The number of carbonyl (C=O) groups is 1. The Bertz CT molecular complexity index is 1090. The molecule has 0 radical (unpaired) electrons. The number of rotatable bonds is 13. The van der Waals surface area contributed by atoms with Gasteiger partial charge in [-0.15, -0.1) is 0 Å². The van der Waals surface area contributed by atoms with E-state index in [9.17, 15) is 4.79 Å². The predicted molar refractivity (Wildman–Crippen MR) is 178 cm³/mol. The topological polar surface area (TPSA) is 61.5 Å². The maximum atomic E-state index is 12.7. The molecule has 0 unspecified atom stereocenters. The number of ether oxygens (including phenoxy) is 2. The number of benzene rings is 1. The molecule has 0 aliphatic heterocycles. The molecule has 3 fully saturated rings. The predicted octanol–water partition coefficient (Wildman–Crippen LogP) is 10.2.